The average molecular weight is 309 g/mol. The fourth-order valence-electron chi connectivity index (χ4n) is 2.60. The molecule has 0 bridgehead atoms. The number of sulfonamides is 1. The van der Waals surface area contributed by atoms with Crippen molar-refractivity contribution >= 4 is 10.0 Å². The lowest BCUT2D eigenvalue weighted by Gasteiger charge is -2.15. The van der Waals surface area contributed by atoms with E-state index in [2.05, 4.69) is 10.8 Å². The molecule has 0 saturated carbocycles. The first-order valence-electron chi connectivity index (χ1n) is 7.27. The normalized spacial score (nSPS) is 15.7. The van der Waals surface area contributed by atoms with Gasteiger partial charge in [-0.3, -0.25) is 0 Å². The van der Waals surface area contributed by atoms with Crippen LogP contribution in [0, 0.1) is 13.8 Å². The number of nitrogens with one attached hydrogen (secondary N) is 1. The van der Waals surface area contributed by atoms with Crippen LogP contribution in [0.1, 0.15) is 36.8 Å². The quantitative estimate of drug-likeness (QED) is 0.850. The molecular weight excluding hydrogens is 286 g/mol. The molecule has 0 radical (unpaired) electrons. The fraction of sp³-hybridized carbons (Fsp3) is 0.500. The first kappa shape index (κ1) is 16.0. The zero-order valence-electron chi connectivity index (χ0n) is 12.9. The van der Waals surface area contributed by atoms with E-state index in [0.717, 1.165) is 24.8 Å². The number of hydrogen-bond acceptors (Lipinski definition) is 3. The van der Waals surface area contributed by atoms with Gasteiger partial charge in [0.1, 0.15) is 5.75 Å². The number of methoxy groups -OCH3 is 1. The minimum absolute atomic E-state index is 0.331. The lowest BCUT2D eigenvalue weighted by atomic mass is 10.0. The lowest BCUT2D eigenvalue weighted by Crippen LogP contribution is -2.27. The van der Waals surface area contributed by atoms with Crippen molar-refractivity contribution in [2.24, 2.45) is 0 Å². The van der Waals surface area contributed by atoms with Gasteiger partial charge in [-0.1, -0.05) is 11.6 Å². The monoisotopic (exact) mass is 309 g/mol. The number of benzene rings is 1. The van der Waals surface area contributed by atoms with Gasteiger partial charge in [0.2, 0.25) is 10.0 Å². The molecule has 0 saturated heterocycles. The molecule has 0 fully saturated rings. The summed E-state index contributed by atoms with van der Waals surface area (Å²) in [5.74, 6) is 0.710. The molecule has 0 atom stereocenters. The molecule has 1 N–H and O–H groups in total. The highest BCUT2D eigenvalue weighted by Crippen LogP contribution is 2.25. The molecule has 116 valence electrons. The second-order valence-corrected chi connectivity index (χ2v) is 7.26. The van der Waals surface area contributed by atoms with Crippen LogP contribution in [0.5, 0.6) is 5.75 Å². The van der Waals surface area contributed by atoms with Crippen LogP contribution in [0.25, 0.3) is 0 Å². The van der Waals surface area contributed by atoms with Crippen LogP contribution < -0.4 is 9.46 Å². The topological polar surface area (TPSA) is 55.4 Å². The second-order valence-electron chi connectivity index (χ2n) is 5.52. The highest BCUT2D eigenvalue weighted by Gasteiger charge is 2.19. The molecule has 21 heavy (non-hydrogen) atoms. The van der Waals surface area contributed by atoms with Gasteiger partial charge >= 0.3 is 0 Å². The Morgan fingerprint density at radius 2 is 1.95 bits per heavy atom. The van der Waals surface area contributed by atoms with Crippen molar-refractivity contribution in [1.29, 1.82) is 0 Å². The Morgan fingerprint density at radius 1 is 1.19 bits per heavy atom. The third kappa shape index (κ3) is 3.86. The molecule has 0 unspecified atom stereocenters. The molecule has 1 aliphatic rings. The first-order chi connectivity index (χ1) is 9.94. The Kier molecular flexibility index (Phi) is 5.06. The number of ether oxygens (including phenoxy) is 1. The van der Waals surface area contributed by atoms with Gasteiger partial charge < -0.3 is 4.74 Å². The molecule has 0 spiro atoms. The van der Waals surface area contributed by atoms with Gasteiger partial charge in [-0.2, -0.15) is 0 Å². The minimum Gasteiger partial charge on any atom is -0.496 e. The van der Waals surface area contributed by atoms with E-state index in [1.807, 2.05) is 6.92 Å². The fourth-order valence-corrected chi connectivity index (χ4v) is 3.95. The molecule has 1 aromatic rings. The average Bonchev–Trinajstić information content (AvgIpc) is 2.48. The molecule has 1 aromatic carbocycles. The Morgan fingerprint density at radius 3 is 2.57 bits per heavy atom. The first-order valence-corrected chi connectivity index (χ1v) is 8.75. The third-order valence-electron chi connectivity index (χ3n) is 3.86. The van der Waals surface area contributed by atoms with Crippen LogP contribution in [0.4, 0.5) is 0 Å². The number of hydrogen-bond donors (Lipinski definition) is 1. The van der Waals surface area contributed by atoms with E-state index in [9.17, 15) is 8.42 Å². The molecule has 0 amide bonds. The molecule has 0 aromatic heterocycles. The summed E-state index contributed by atoms with van der Waals surface area (Å²) in [6.07, 6.45) is 6.54. The number of rotatable bonds is 5. The summed E-state index contributed by atoms with van der Waals surface area (Å²) in [7, 11) is -1.90. The third-order valence-corrected chi connectivity index (χ3v) is 5.40. The van der Waals surface area contributed by atoms with Crippen molar-refractivity contribution in [3.63, 3.8) is 0 Å². The summed E-state index contributed by atoms with van der Waals surface area (Å²) in [5, 5.41) is 0. The zero-order chi connectivity index (χ0) is 15.5. The van der Waals surface area contributed by atoms with E-state index in [1.54, 1.807) is 26.2 Å². The Bertz CT molecular complexity index is 648. The van der Waals surface area contributed by atoms with E-state index in [4.69, 9.17) is 4.74 Å². The molecule has 1 aliphatic carbocycles. The summed E-state index contributed by atoms with van der Waals surface area (Å²) < 4.78 is 32.9. The molecule has 2 rings (SSSR count). The van der Waals surface area contributed by atoms with Gasteiger partial charge in [-0.25, -0.2) is 13.1 Å². The van der Waals surface area contributed by atoms with E-state index in [1.165, 1.54) is 12.0 Å². The van der Waals surface area contributed by atoms with Crippen molar-refractivity contribution in [2.45, 2.75) is 44.4 Å². The summed E-state index contributed by atoms with van der Waals surface area (Å²) in [6, 6.07) is 3.44. The van der Waals surface area contributed by atoms with Gasteiger partial charge in [0.25, 0.3) is 0 Å². The van der Waals surface area contributed by atoms with Crippen molar-refractivity contribution < 1.29 is 13.2 Å². The van der Waals surface area contributed by atoms with Crippen LogP contribution in [0.15, 0.2) is 28.7 Å². The van der Waals surface area contributed by atoms with Gasteiger partial charge in [-0.15, -0.1) is 0 Å². The van der Waals surface area contributed by atoms with Gasteiger partial charge in [0.15, 0.2) is 0 Å². The highest BCUT2D eigenvalue weighted by atomic mass is 32.2. The van der Waals surface area contributed by atoms with Crippen molar-refractivity contribution in [1.82, 2.24) is 4.72 Å². The van der Waals surface area contributed by atoms with Crippen molar-refractivity contribution in [2.75, 3.05) is 13.7 Å². The molecule has 5 heteroatoms. The van der Waals surface area contributed by atoms with Gasteiger partial charge in [0.05, 0.1) is 12.0 Å². The standard InChI is InChI=1S/C16H23NO3S/c1-12-10-16(13(2)9-15(12)20-3)21(18,19)17-11-14-7-5-4-6-8-14/h7,9-10,17H,4-6,8,11H2,1-3H3. The molecule has 0 aliphatic heterocycles. The summed E-state index contributed by atoms with van der Waals surface area (Å²) in [5.41, 5.74) is 2.70. The molecule has 0 heterocycles. The Labute approximate surface area is 127 Å². The van der Waals surface area contributed by atoms with Gasteiger partial charge in [-0.05, 0) is 62.8 Å². The highest BCUT2D eigenvalue weighted by molar-refractivity contribution is 7.89. The largest absolute Gasteiger partial charge is 0.496 e. The molecule has 4 nitrogen and oxygen atoms in total. The van der Waals surface area contributed by atoms with E-state index < -0.39 is 10.0 Å². The van der Waals surface area contributed by atoms with Crippen LogP contribution in [0.3, 0.4) is 0 Å². The molecular formula is C16H23NO3S. The predicted molar refractivity (Wildman–Crippen MR) is 84.2 cm³/mol. The minimum atomic E-state index is -3.48. The van der Waals surface area contributed by atoms with Crippen molar-refractivity contribution in [3.05, 3.63) is 34.9 Å². The SMILES string of the molecule is COc1cc(C)c(S(=O)(=O)NCC2=CCCCC2)cc1C. The zero-order valence-corrected chi connectivity index (χ0v) is 13.7. The predicted octanol–water partition coefficient (Wildman–Crippen LogP) is 3.09. The van der Waals surface area contributed by atoms with Gasteiger partial charge in [0, 0.05) is 6.54 Å². The number of allylic oxidation sites excluding steroid dienone is 1. The summed E-state index contributed by atoms with van der Waals surface area (Å²) in [6.45, 7) is 4.05. The second kappa shape index (κ2) is 6.62. The van der Waals surface area contributed by atoms with E-state index in [-0.39, 0.29) is 0 Å². The maximum atomic E-state index is 12.5. The van der Waals surface area contributed by atoms with Crippen LogP contribution in [-0.4, -0.2) is 22.1 Å². The summed E-state index contributed by atoms with van der Waals surface area (Å²) >= 11 is 0. The van der Waals surface area contributed by atoms with Crippen molar-refractivity contribution in [3.8, 4) is 5.75 Å². The Hall–Kier alpha value is -1.33. The lowest BCUT2D eigenvalue weighted by molar-refractivity contribution is 0.411. The smallest absolute Gasteiger partial charge is 0.241 e. The van der Waals surface area contributed by atoms with Crippen LogP contribution in [-0.2, 0) is 10.0 Å². The van der Waals surface area contributed by atoms with E-state index in [0.29, 0.717) is 22.8 Å². The van der Waals surface area contributed by atoms with Crippen LogP contribution in [0.2, 0.25) is 0 Å². The van der Waals surface area contributed by atoms with Crippen LogP contribution >= 0.6 is 0 Å². The maximum absolute atomic E-state index is 12.5. The maximum Gasteiger partial charge on any atom is 0.241 e. The van der Waals surface area contributed by atoms with E-state index >= 15 is 0 Å². The Balaban J connectivity index is 2.19. The number of aryl methyl sites for hydroxylation is 2. The summed E-state index contributed by atoms with van der Waals surface area (Å²) in [4.78, 5) is 0.331.